The van der Waals surface area contributed by atoms with Gasteiger partial charge in [-0.3, -0.25) is 4.79 Å². The van der Waals surface area contributed by atoms with Crippen molar-refractivity contribution in [3.63, 3.8) is 0 Å². The van der Waals surface area contributed by atoms with Gasteiger partial charge in [-0.2, -0.15) is 0 Å². The third-order valence-electron chi connectivity index (χ3n) is 3.89. The summed E-state index contributed by atoms with van der Waals surface area (Å²) in [5.74, 6) is 4.77. The Labute approximate surface area is 185 Å². The smallest absolute Gasteiger partial charge is 0.724 e. The van der Waals surface area contributed by atoms with E-state index in [9.17, 15) is 0 Å². The molecule has 0 bridgehead atoms. The van der Waals surface area contributed by atoms with Crippen molar-refractivity contribution < 1.29 is 25.9 Å². The van der Waals surface area contributed by atoms with Gasteiger partial charge in [0.2, 0.25) is 0 Å². The second-order valence-electron chi connectivity index (χ2n) is 10.7. The van der Waals surface area contributed by atoms with Crippen molar-refractivity contribution in [2.75, 3.05) is 0 Å². The first-order valence-electron chi connectivity index (χ1n) is 9.19. The fraction of sp³-hybridized carbons (Fsp3) is 0.762. The summed E-state index contributed by atoms with van der Waals surface area (Å²) < 4.78 is 0. The minimum atomic E-state index is -0.632. The van der Waals surface area contributed by atoms with Crippen molar-refractivity contribution in [3.8, 4) is 0 Å². The minimum Gasteiger partial charge on any atom is -0.724 e. The Morgan fingerprint density at radius 1 is 0.667 bits per heavy atom. The maximum atomic E-state index is 8.24. The average molecular weight is 596 g/mol. The van der Waals surface area contributed by atoms with Crippen LogP contribution in [0.2, 0.25) is 0 Å². The SMILES string of the molecule is CC(C)(C)[PH+](/C=C\[N-]/C=C\[PH+](C(C)(C)C)C(C)(C)C)C(C)(C)C.[N-]=C=O.[Pt+2]. The second kappa shape index (κ2) is 12.7. The monoisotopic (exact) mass is 595 g/mol. The van der Waals surface area contributed by atoms with Gasteiger partial charge in [-0.25, -0.2) is 0 Å². The Morgan fingerprint density at radius 3 is 1.00 bits per heavy atom. The number of hydrogen-bond acceptors (Lipinski definition) is 1. The molecule has 0 saturated heterocycles. The number of hydrogen-bond donors (Lipinski definition) is 0. The first kappa shape index (κ1) is 31.9. The zero-order valence-corrected chi connectivity index (χ0v) is 23.7. The summed E-state index contributed by atoms with van der Waals surface area (Å²) >= 11 is 0. The van der Waals surface area contributed by atoms with Crippen LogP contribution in [0.4, 0.5) is 0 Å². The molecular formula is C21H42N2OP2Pt+2. The molecule has 0 heterocycles. The maximum Gasteiger partial charge on any atom is 2.00 e. The van der Waals surface area contributed by atoms with Crippen LogP contribution in [-0.2, 0) is 25.9 Å². The molecule has 0 N–H and O–H groups in total. The van der Waals surface area contributed by atoms with E-state index in [-0.39, 0.29) is 21.1 Å². The Kier molecular flexibility index (Phi) is 15.0. The van der Waals surface area contributed by atoms with Gasteiger partial charge in [0.1, 0.15) is 0 Å². The number of rotatable bonds is 4. The van der Waals surface area contributed by atoms with Gasteiger partial charge in [-0.1, -0.05) is 0 Å². The van der Waals surface area contributed by atoms with Crippen LogP contribution in [0.15, 0.2) is 24.0 Å². The van der Waals surface area contributed by atoms with Gasteiger partial charge >= 0.3 is 21.1 Å². The molecule has 0 aromatic heterocycles. The molecule has 0 saturated carbocycles. The molecule has 160 valence electrons. The summed E-state index contributed by atoms with van der Waals surface area (Å²) in [7, 11) is -1.26. The van der Waals surface area contributed by atoms with Crippen molar-refractivity contribution in [1.82, 2.24) is 0 Å². The largest absolute Gasteiger partial charge is 2.00 e. The molecule has 0 unspecified atom stereocenters. The number of carbonyl (C=O) groups excluding carboxylic acids is 1. The van der Waals surface area contributed by atoms with Crippen molar-refractivity contribution in [1.29, 1.82) is 0 Å². The van der Waals surface area contributed by atoms with Crippen LogP contribution in [-0.4, -0.2) is 26.7 Å². The molecule has 6 heteroatoms. The van der Waals surface area contributed by atoms with Crippen molar-refractivity contribution in [2.45, 2.75) is 104 Å². The average Bonchev–Trinajstić information content (AvgIpc) is 2.31. The van der Waals surface area contributed by atoms with Crippen LogP contribution in [0.25, 0.3) is 10.7 Å². The first-order chi connectivity index (χ1) is 11.4. The van der Waals surface area contributed by atoms with E-state index in [1.807, 2.05) is 12.4 Å². The molecule has 0 atom stereocenters. The molecule has 0 fully saturated rings. The fourth-order valence-corrected chi connectivity index (χ4v) is 10.5. The van der Waals surface area contributed by atoms with E-state index in [0.29, 0.717) is 26.7 Å². The first-order valence-corrected chi connectivity index (χ1v) is 12.3. The number of nitrogens with zero attached hydrogens (tertiary/aromatic N) is 2. The van der Waals surface area contributed by atoms with E-state index in [2.05, 4.69) is 100 Å². The molecule has 0 aromatic rings. The van der Waals surface area contributed by atoms with Gasteiger partial charge in [-0.05, 0) is 89.2 Å². The van der Waals surface area contributed by atoms with Crippen LogP contribution in [0.3, 0.4) is 0 Å². The van der Waals surface area contributed by atoms with Crippen molar-refractivity contribution in [3.05, 3.63) is 34.8 Å². The van der Waals surface area contributed by atoms with Gasteiger partial charge in [0.05, 0.1) is 20.6 Å². The standard InChI is InChI=1S/C20H40NP2.CNO.Pt/c1-17(2,3)22(18(4,5)6)15-13-21-14-16-23(19(7,8)9)20(10,11)12;2-1-3;/h13-16H,1-12H3;;/q2*-1;+2/p+2/b15-13-,16-14-;;. The quantitative estimate of drug-likeness (QED) is 0.186. The van der Waals surface area contributed by atoms with Crippen LogP contribution >= 0.6 is 15.8 Å². The normalized spacial score (nSPS) is 13.4. The van der Waals surface area contributed by atoms with Crippen LogP contribution in [0.5, 0.6) is 0 Å². The Morgan fingerprint density at radius 2 is 0.852 bits per heavy atom. The van der Waals surface area contributed by atoms with Gasteiger partial charge in [0, 0.05) is 27.5 Å². The molecule has 0 aliphatic carbocycles. The molecule has 0 radical (unpaired) electrons. The van der Waals surface area contributed by atoms with Crippen LogP contribution in [0, 0.1) is 0 Å². The van der Waals surface area contributed by atoms with E-state index < -0.39 is 15.8 Å². The molecule has 0 spiro atoms. The molecule has 0 aliphatic heterocycles. The molecule has 27 heavy (non-hydrogen) atoms. The zero-order valence-electron chi connectivity index (χ0n) is 19.4. The second-order valence-corrected chi connectivity index (χ2v) is 19.0. The zero-order chi connectivity index (χ0) is 21.4. The van der Waals surface area contributed by atoms with Crippen LogP contribution < -0.4 is 0 Å². The molecule has 0 aliphatic rings. The van der Waals surface area contributed by atoms with E-state index in [0.717, 1.165) is 0 Å². The maximum absolute atomic E-state index is 8.24. The predicted molar refractivity (Wildman–Crippen MR) is 126 cm³/mol. The number of isocyanates is 1. The van der Waals surface area contributed by atoms with Gasteiger partial charge in [0.25, 0.3) is 0 Å². The third-order valence-corrected chi connectivity index (χ3v) is 11.3. The molecule has 0 aromatic carbocycles. The van der Waals surface area contributed by atoms with E-state index >= 15 is 0 Å². The van der Waals surface area contributed by atoms with E-state index in [1.165, 1.54) is 0 Å². The summed E-state index contributed by atoms with van der Waals surface area (Å²) in [5, 5.41) is 12.8. The summed E-state index contributed by atoms with van der Waals surface area (Å²) in [6.07, 6.45) is 4.60. The Bertz CT molecular complexity index is 430. The Balaban J connectivity index is -0.00000134. The molecule has 0 amide bonds. The summed E-state index contributed by atoms with van der Waals surface area (Å²) in [4.78, 5) is 8.24. The van der Waals surface area contributed by atoms with Crippen LogP contribution in [0.1, 0.15) is 83.1 Å². The third kappa shape index (κ3) is 14.8. The van der Waals surface area contributed by atoms with E-state index in [1.54, 1.807) is 0 Å². The van der Waals surface area contributed by atoms with Crippen molar-refractivity contribution >= 4 is 21.9 Å². The summed E-state index contributed by atoms with van der Waals surface area (Å²) in [6.45, 7) is 28.3. The molecule has 3 nitrogen and oxygen atoms in total. The minimum absolute atomic E-state index is 0. The van der Waals surface area contributed by atoms with Gasteiger partial charge in [0.15, 0.2) is 0 Å². The van der Waals surface area contributed by atoms with Crippen molar-refractivity contribution in [2.24, 2.45) is 0 Å². The topological polar surface area (TPSA) is 53.5 Å². The van der Waals surface area contributed by atoms with Gasteiger partial charge < -0.3 is 10.7 Å². The molecule has 0 rings (SSSR count). The molecular weight excluding hydrogens is 553 g/mol. The fourth-order valence-electron chi connectivity index (χ4n) is 3.53. The Hall–Kier alpha value is 0.208. The summed E-state index contributed by atoms with van der Waals surface area (Å²) in [5.41, 5.74) is 0. The van der Waals surface area contributed by atoms with Gasteiger partial charge in [-0.15, -0.1) is 12.4 Å². The van der Waals surface area contributed by atoms with E-state index in [4.69, 9.17) is 10.2 Å². The predicted octanol–water partition coefficient (Wildman–Crippen LogP) is 7.81. The summed E-state index contributed by atoms with van der Waals surface area (Å²) in [6, 6.07) is 0.